The number of fused-ring (bicyclic) bond motifs is 4. The molecule has 0 N–H and O–H groups in total. The van der Waals surface area contributed by atoms with Crippen LogP contribution in [-0.2, 0) is 9.84 Å². The molecule has 2 aliphatic rings. The molecule has 0 bridgehead atoms. The van der Waals surface area contributed by atoms with E-state index >= 15 is 0 Å². The highest BCUT2D eigenvalue weighted by Gasteiger charge is 2.38. The quantitative estimate of drug-likeness (QED) is 0.299. The number of para-hydroxylation sites is 2. The lowest BCUT2D eigenvalue weighted by molar-refractivity contribution is 0.591. The van der Waals surface area contributed by atoms with E-state index in [2.05, 4.69) is 66.5 Å². The fourth-order valence-electron chi connectivity index (χ4n) is 4.88. The van der Waals surface area contributed by atoms with Crippen LogP contribution in [-0.4, -0.2) is 16.5 Å². The van der Waals surface area contributed by atoms with Gasteiger partial charge in [0.2, 0.25) is 9.84 Å². The van der Waals surface area contributed by atoms with Gasteiger partial charge in [-0.3, -0.25) is 0 Å². The third kappa shape index (κ3) is 2.70. The molecule has 0 aromatic heterocycles. The Morgan fingerprint density at radius 2 is 1.25 bits per heavy atom. The Morgan fingerprint density at radius 3 is 1.94 bits per heavy atom. The van der Waals surface area contributed by atoms with Crippen LogP contribution >= 0.6 is 11.8 Å². The van der Waals surface area contributed by atoms with Gasteiger partial charge in [0, 0.05) is 26.9 Å². The van der Waals surface area contributed by atoms with Crippen molar-refractivity contribution in [3.05, 3.63) is 91.0 Å². The first kappa shape index (κ1) is 19.9. The van der Waals surface area contributed by atoms with Crippen LogP contribution in [0.1, 0.15) is 0 Å². The summed E-state index contributed by atoms with van der Waals surface area (Å²) < 4.78 is 26.5. The molecule has 0 amide bonds. The number of nitrogens with zero attached hydrogens (tertiary/aromatic N) is 1. The van der Waals surface area contributed by atoms with E-state index in [1.807, 2.05) is 24.3 Å². The second-order valence-corrected chi connectivity index (χ2v) is 16.0. The van der Waals surface area contributed by atoms with Crippen molar-refractivity contribution in [1.29, 1.82) is 0 Å². The van der Waals surface area contributed by atoms with Crippen molar-refractivity contribution in [1.82, 2.24) is 0 Å². The zero-order valence-corrected chi connectivity index (χ0v) is 20.4. The minimum atomic E-state index is -3.52. The van der Waals surface area contributed by atoms with E-state index in [0.717, 1.165) is 15.5 Å². The lowest BCUT2D eigenvalue weighted by Gasteiger charge is -2.41. The fourth-order valence-corrected chi connectivity index (χ4v) is 11.1. The first-order valence-corrected chi connectivity index (χ1v) is 15.8. The molecule has 0 unspecified atom stereocenters. The molecule has 0 radical (unpaired) electrons. The molecule has 0 aliphatic carbocycles. The summed E-state index contributed by atoms with van der Waals surface area (Å²) in [7, 11) is -5.37. The molecule has 0 saturated carbocycles. The summed E-state index contributed by atoms with van der Waals surface area (Å²) in [5.41, 5.74) is 3.36. The highest BCUT2D eigenvalue weighted by Crippen LogP contribution is 2.47. The minimum Gasteiger partial charge on any atom is -0.311 e. The Labute approximate surface area is 193 Å². The summed E-state index contributed by atoms with van der Waals surface area (Å²) in [4.78, 5) is 4.63. The molecule has 6 rings (SSSR count). The maximum Gasteiger partial charge on any atom is 0.208 e. The highest BCUT2D eigenvalue weighted by molar-refractivity contribution is 8.02. The molecule has 0 fully saturated rings. The third-order valence-corrected chi connectivity index (χ3v) is 13.3. The number of anilines is 3. The normalized spacial score (nSPS) is 17.0. The topological polar surface area (TPSA) is 37.4 Å². The van der Waals surface area contributed by atoms with Gasteiger partial charge in [-0.25, -0.2) is 8.42 Å². The van der Waals surface area contributed by atoms with E-state index in [1.165, 1.54) is 33.5 Å². The van der Waals surface area contributed by atoms with E-state index in [1.54, 1.807) is 18.2 Å². The van der Waals surface area contributed by atoms with E-state index in [-0.39, 0.29) is 0 Å². The van der Waals surface area contributed by atoms with Gasteiger partial charge in [-0.05, 0) is 52.8 Å². The smallest absolute Gasteiger partial charge is 0.208 e. The average Bonchev–Trinajstić information content (AvgIpc) is 2.79. The Hall–Kier alpha value is -2.80. The molecule has 6 heteroatoms. The van der Waals surface area contributed by atoms with Gasteiger partial charge >= 0.3 is 0 Å². The summed E-state index contributed by atoms with van der Waals surface area (Å²) >= 11 is 1.53. The van der Waals surface area contributed by atoms with Crippen LogP contribution in [0.2, 0.25) is 13.1 Å². The highest BCUT2D eigenvalue weighted by atomic mass is 32.2. The number of hydrogen-bond donors (Lipinski definition) is 0. The molecule has 32 heavy (non-hydrogen) atoms. The van der Waals surface area contributed by atoms with Gasteiger partial charge in [0.05, 0.1) is 9.79 Å². The van der Waals surface area contributed by atoms with Crippen LogP contribution in [0.4, 0.5) is 17.1 Å². The SMILES string of the molecule is C[Si]1(C)c2ccccc2N(c2ccc3c(c2)Sc2ccccc2S3(=O)=O)c2ccccc21. The summed E-state index contributed by atoms with van der Waals surface area (Å²) in [5.74, 6) is 0. The molecule has 3 nitrogen and oxygen atoms in total. The van der Waals surface area contributed by atoms with E-state index in [4.69, 9.17) is 0 Å². The zero-order valence-electron chi connectivity index (χ0n) is 17.7. The lowest BCUT2D eigenvalue weighted by atomic mass is 10.2. The molecule has 4 aromatic carbocycles. The van der Waals surface area contributed by atoms with Gasteiger partial charge in [0.1, 0.15) is 8.07 Å². The summed E-state index contributed by atoms with van der Waals surface area (Å²) in [6.07, 6.45) is 0. The Morgan fingerprint density at radius 1 is 0.688 bits per heavy atom. The van der Waals surface area contributed by atoms with Crippen molar-refractivity contribution >= 4 is 57.1 Å². The number of rotatable bonds is 1. The van der Waals surface area contributed by atoms with Gasteiger partial charge in [-0.1, -0.05) is 73.4 Å². The molecule has 0 saturated heterocycles. The van der Waals surface area contributed by atoms with Gasteiger partial charge in [0.15, 0.2) is 0 Å². The molecular weight excluding hydrogens is 451 g/mol. The van der Waals surface area contributed by atoms with Crippen molar-refractivity contribution in [3.63, 3.8) is 0 Å². The maximum absolute atomic E-state index is 13.2. The largest absolute Gasteiger partial charge is 0.311 e. The fraction of sp³-hybridized carbons (Fsp3) is 0.0769. The van der Waals surface area contributed by atoms with Gasteiger partial charge in [-0.15, -0.1) is 0 Å². The standard InChI is InChI=1S/C26H21NO2S2Si/c1-32(2)25-13-7-3-9-19(25)27(20-10-4-8-14-26(20)32)18-15-16-24-22(17-18)30-21-11-5-6-12-23(21)31(24,28)29/h3-17H,1-2H3. The summed E-state index contributed by atoms with van der Waals surface area (Å²) in [6, 6.07) is 30.2. The molecule has 2 aliphatic heterocycles. The molecule has 158 valence electrons. The van der Waals surface area contributed by atoms with Crippen molar-refractivity contribution < 1.29 is 8.42 Å². The van der Waals surface area contributed by atoms with Crippen molar-refractivity contribution in [2.24, 2.45) is 0 Å². The van der Waals surface area contributed by atoms with Gasteiger partial charge in [0.25, 0.3) is 0 Å². The van der Waals surface area contributed by atoms with Crippen LogP contribution in [0.3, 0.4) is 0 Å². The second-order valence-electron chi connectivity index (χ2n) is 8.68. The summed E-state index contributed by atoms with van der Waals surface area (Å²) in [6.45, 7) is 4.79. The minimum absolute atomic E-state index is 0.387. The first-order chi connectivity index (χ1) is 15.4. The molecular formula is C26H21NO2S2Si. The van der Waals surface area contributed by atoms with Gasteiger partial charge in [-0.2, -0.15) is 0 Å². The predicted octanol–water partition coefficient (Wildman–Crippen LogP) is 5.59. The Balaban J connectivity index is 1.58. The van der Waals surface area contributed by atoms with Crippen LogP contribution in [0.25, 0.3) is 0 Å². The first-order valence-electron chi connectivity index (χ1n) is 10.5. The maximum atomic E-state index is 13.2. The Kier molecular flexibility index (Phi) is 4.25. The second kappa shape index (κ2) is 6.85. The average molecular weight is 472 g/mol. The van der Waals surface area contributed by atoms with Crippen LogP contribution in [0, 0.1) is 0 Å². The zero-order chi connectivity index (χ0) is 22.1. The van der Waals surface area contributed by atoms with Crippen LogP contribution in [0.15, 0.2) is 111 Å². The van der Waals surface area contributed by atoms with Crippen molar-refractivity contribution in [2.45, 2.75) is 32.7 Å². The molecule has 0 spiro atoms. The third-order valence-electron chi connectivity index (χ3n) is 6.47. The molecule has 0 atom stereocenters. The Bertz CT molecular complexity index is 1460. The monoisotopic (exact) mass is 471 g/mol. The number of benzene rings is 4. The predicted molar refractivity (Wildman–Crippen MR) is 134 cm³/mol. The van der Waals surface area contributed by atoms with E-state index in [0.29, 0.717) is 9.79 Å². The number of hydrogen-bond acceptors (Lipinski definition) is 4. The molecule has 2 heterocycles. The summed E-state index contributed by atoms with van der Waals surface area (Å²) in [5, 5.41) is 2.78. The number of sulfone groups is 1. The van der Waals surface area contributed by atoms with E-state index < -0.39 is 17.9 Å². The van der Waals surface area contributed by atoms with Crippen molar-refractivity contribution in [3.8, 4) is 0 Å². The van der Waals surface area contributed by atoms with Gasteiger partial charge < -0.3 is 4.90 Å². The van der Waals surface area contributed by atoms with Crippen molar-refractivity contribution in [2.75, 3.05) is 4.90 Å². The van der Waals surface area contributed by atoms with Crippen LogP contribution < -0.4 is 15.3 Å². The molecule has 4 aromatic rings. The lowest BCUT2D eigenvalue weighted by Crippen LogP contribution is -2.58. The van der Waals surface area contributed by atoms with E-state index in [9.17, 15) is 8.42 Å². The van der Waals surface area contributed by atoms with Crippen LogP contribution in [0.5, 0.6) is 0 Å².